The maximum Gasteiger partial charge on any atom is 0.193 e. The summed E-state index contributed by atoms with van der Waals surface area (Å²) in [4.78, 5) is 0. The molecular weight excluding hydrogens is 130 g/mol. The maximum atomic E-state index is 8.62. The van der Waals surface area contributed by atoms with Crippen molar-refractivity contribution in [1.29, 1.82) is 0 Å². The van der Waals surface area contributed by atoms with Gasteiger partial charge in [0.1, 0.15) is 6.26 Å². The molecule has 0 aliphatic carbocycles. The van der Waals surface area contributed by atoms with E-state index in [1.165, 1.54) is 6.26 Å². The van der Waals surface area contributed by atoms with Gasteiger partial charge in [0.25, 0.3) is 0 Å². The third kappa shape index (κ3) is 7.30. The molecule has 0 spiro atoms. The summed E-state index contributed by atoms with van der Waals surface area (Å²) in [7, 11) is 0. The van der Waals surface area contributed by atoms with Crippen LogP contribution in [0.2, 0.25) is 0 Å². The lowest BCUT2D eigenvalue weighted by atomic mass is 10.4. The SMILES string of the molecule is CC(C)N/C=C/OC(C)O. The fraction of sp³-hybridized carbons (Fsp3) is 0.714. The van der Waals surface area contributed by atoms with Crippen LogP contribution in [0.1, 0.15) is 20.8 Å². The molecule has 0 fully saturated rings. The van der Waals surface area contributed by atoms with Crippen LogP contribution < -0.4 is 5.32 Å². The summed E-state index contributed by atoms with van der Waals surface area (Å²) in [6, 6.07) is 0.397. The van der Waals surface area contributed by atoms with E-state index in [4.69, 9.17) is 9.84 Å². The molecule has 2 N–H and O–H groups in total. The standard InChI is InChI=1S/C7H15NO2/c1-6(2)8-4-5-10-7(3)9/h4-9H,1-3H3/b5-4+. The lowest BCUT2D eigenvalue weighted by molar-refractivity contribution is -0.0354. The van der Waals surface area contributed by atoms with Crippen LogP contribution in [0.4, 0.5) is 0 Å². The molecule has 0 aliphatic rings. The third-order valence-corrected chi connectivity index (χ3v) is 0.773. The fourth-order valence-corrected chi connectivity index (χ4v) is 0.385. The van der Waals surface area contributed by atoms with Crippen LogP contribution in [0, 0.1) is 0 Å². The first-order valence-electron chi connectivity index (χ1n) is 3.37. The lowest BCUT2D eigenvalue weighted by Crippen LogP contribution is -2.15. The highest BCUT2D eigenvalue weighted by Gasteiger charge is 1.87. The molecular formula is C7H15NO2. The third-order valence-electron chi connectivity index (χ3n) is 0.773. The minimum atomic E-state index is -0.731. The first kappa shape index (κ1) is 9.30. The second kappa shape index (κ2) is 5.11. The molecule has 0 aromatic carbocycles. The molecule has 1 atom stereocenters. The quantitative estimate of drug-likeness (QED) is 0.454. The molecule has 3 heteroatoms. The van der Waals surface area contributed by atoms with E-state index in [1.807, 2.05) is 13.8 Å². The summed E-state index contributed by atoms with van der Waals surface area (Å²) in [6.07, 6.45) is 2.37. The van der Waals surface area contributed by atoms with Gasteiger partial charge >= 0.3 is 0 Å². The van der Waals surface area contributed by atoms with Crippen LogP contribution in [0.3, 0.4) is 0 Å². The molecule has 10 heavy (non-hydrogen) atoms. The summed E-state index contributed by atoms with van der Waals surface area (Å²) in [6.45, 7) is 5.60. The van der Waals surface area contributed by atoms with E-state index in [1.54, 1.807) is 13.1 Å². The van der Waals surface area contributed by atoms with E-state index in [2.05, 4.69) is 5.32 Å². The Morgan fingerprint density at radius 1 is 1.40 bits per heavy atom. The largest absolute Gasteiger partial charge is 0.472 e. The maximum absolute atomic E-state index is 8.62. The Balaban J connectivity index is 3.20. The smallest absolute Gasteiger partial charge is 0.193 e. The molecule has 0 saturated heterocycles. The molecule has 0 saturated carbocycles. The normalized spacial score (nSPS) is 14.1. The highest BCUT2D eigenvalue weighted by atomic mass is 16.6. The van der Waals surface area contributed by atoms with Crippen molar-refractivity contribution >= 4 is 0 Å². The molecule has 1 unspecified atom stereocenters. The van der Waals surface area contributed by atoms with Gasteiger partial charge < -0.3 is 15.2 Å². The number of aliphatic hydroxyl groups is 1. The van der Waals surface area contributed by atoms with E-state index in [0.717, 1.165) is 0 Å². The van der Waals surface area contributed by atoms with Crippen molar-refractivity contribution in [2.45, 2.75) is 33.1 Å². The fourth-order valence-electron chi connectivity index (χ4n) is 0.385. The Bertz CT molecular complexity index is 87.8. The van der Waals surface area contributed by atoms with Crippen molar-refractivity contribution in [2.24, 2.45) is 0 Å². The predicted octanol–water partition coefficient (Wildman–Crippen LogP) is 0.810. The second-order valence-corrected chi connectivity index (χ2v) is 2.36. The molecule has 0 radical (unpaired) electrons. The number of nitrogens with one attached hydrogen (secondary N) is 1. The van der Waals surface area contributed by atoms with Gasteiger partial charge in [-0.1, -0.05) is 0 Å². The zero-order valence-corrected chi connectivity index (χ0v) is 6.66. The summed E-state index contributed by atoms with van der Waals surface area (Å²) in [5.41, 5.74) is 0. The van der Waals surface area contributed by atoms with Crippen molar-refractivity contribution in [3.05, 3.63) is 12.5 Å². The lowest BCUT2D eigenvalue weighted by Gasteiger charge is -2.04. The number of hydrogen-bond donors (Lipinski definition) is 2. The molecule has 0 amide bonds. The zero-order chi connectivity index (χ0) is 7.98. The first-order chi connectivity index (χ1) is 4.63. The van der Waals surface area contributed by atoms with Gasteiger partial charge in [-0.15, -0.1) is 0 Å². The van der Waals surface area contributed by atoms with Gasteiger partial charge in [-0.05, 0) is 20.8 Å². The molecule has 60 valence electrons. The molecule has 0 aliphatic heterocycles. The Labute approximate surface area is 61.7 Å². The molecule has 0 aromatic rings. The molecule has 0 aromatic heterocycles. The zero-order valence-electron chi connectivity index (χ0n) is 6.66. The van der Waals surface area contributed by atoms with Crippen LogP contribution >= 0.6 is 0 Å². The number of hydrogen-bond acceptors (Lipinski definition) is 3. The van der Waals surface area contributed by atoms with Gasteiger partial charge in [-0.2, -0.15) is 0 Å². The number of rotatable bonds is 4. The Hall–Kier alpha value is -0.700. The van der Waals surface area contributed by atoms with E-state index < -0.39 is 6.29 Å². The molecule has 0 heterocycles. The summed E-state index contributed by atoms with van der Waals surface area (Å²) >= 11 is 0. The highest BCUT2D eigenvalue weighted by Crippen LogP contribution is 1.84. The van der Waals surface area contributed by atoms with Gasteiger partial charge in [0.2, 0.25) is 0 Å². The summed E-state index contributed by atoms with van der Waals surface area (Å²) < 4.78 is 4.70. The van der Waals surface area contributed by atoms with Crippen LogP contribution in [-0.4, -0.2) is 17.4 Å². The summed E-state index contributed by atoms with van der Waals surface area (Å²) in [5.74, 6) is 0. The topological polar surface area (TPSA) is 41.5 Å². The average molecular weight is 145 g/mol. The Morgan fingerprint density at radius 3 is 2.40 bits per heavy atom. The van der Waals surface area contributed by atoms with Crippen molar-refractivity contribution < 1.29 is 9.84 Å². The second-order valence-electron chi connectivity index (χ2n) is 2.36. The highest BCUT2D eigenvalue weighted by molar-refractivity contribution is 4.72. The minimum absolute atomic E-state index is 0.397. The summed E-state index contributed by atoms with van der Waals surface area (Å²) in [5, 5.41) is 11.6. The van der Waals surface area contributed by atoms with Gasteiger partial charge in [-0.25, -0.2) is 0 Å². The monoisotopic (exact) mass is 145 g/mol. The molecule has 0 rings (SSSR count). The van der Waals surface area contributed by atoms with Crippen molar-refractivity contribution in [1.82, 2.24) is 5.32 Å². The Kier molecular flexibility index (Phi) is 4.76. The van der Waals surface area contributed by atoms with E-state index >= 15 is 0 Å². The van der Waals surface area contributed by atoms with E-state index in [0.29, 0.717) is 6.04 Å². The molecule has 0 bridgehead atoms. The van der Waals surface area contributed by atoms with Gasteiger partial charge in [0.15, 0.2) is 6.29 Å². The Morgan fingerprint density at radius 2 is 2.00 bits per heavy atom. The van der Waals surface area contributed by atoms with Crippen LogP contribution in [0.15, 0.2) is 12.5 Å². The number of aliphatic hydroxyl groups excluding tert-OH is 1. The van der Waals surface area contributed by atoms with E-state index in [9.17, 15) is 0 Å². The first-order valence-corrected chi connectivity index (χ1v) is 3.37. The van der Waals surface area contributed by atoms with Gasteiger partial charge in [0, 0.05) is 12.2 Å². The van der Waals surface area contributed by atoms with E-state index in [-0.39, 0.29) is 0 Å². The predicted molar refractivity (Wildman–Crippen MR) is 40.2 cm³/mol. The van der Waals surface area contributed by atoms with Crippen molar-refractivity contribution in [2.75, 3.05) is 0 Å². The average Bonchev–Trinajstić information content (AvgIpc) is 1.79. The van der Waals surface area contributed by atoms with Gasteiger partial charge in [0.05, 0.1) is 0 Å². The number of ether oxygens (including phenoxy) is 1. The van der Waals surface area contributed by atoms with Crippen LogP contribution in [0.25, 0.3) is 0 Å². The molecule has 3 nitrogen and oxygen atoms in total. The van der Waals surface area contributed by atoms with Crippen LogP contribution in [-0.2, 0) is 4.74 Å². The van der Waals surface area contributed by atoms with Crippen molar-refractivity contribution in [3.8, 4) is 0 Å². The van der Waals surface area contributed by atoms with Gasteiger partial charge in [-0.3, -0.25) is 0 Å². The van der Waals surface area contributed by atoms with Crippen LogP contribution in [0.5, 0.6) is 0 Å². The van der Waals surface area contributed by atoms with Crippen molar-refractivity contribution in [3.63, 3.8) is 0 Å². The minimum Gasteiger partial charge on any atom is -0.472 e.